The normalized spacial score (nSPS) is 34.3. The zero-order chi connectivity index (χ0) is 75.0. The van der Waals surface area contributed by atoms with Gasteiger partial charge in [0.05, 0.1) is 71.9 Å². The number of fused-ring (bicyclic) bond motifs is 1. The number of ether oxygens (including phenoxy) is 7. The molecule has 0 spiro atoms. The predicted octanol–water partition coefficient (Wildman–Crippen LogP) is -10.2. The lowest BCUT2D eigenvalue weighted by molar-refractivity contribution is -0.355. The van der Waals surface area contributed by atoms with Crippen LogP contribution in [0.1, 0.15) is 29.5 Å². The summed E-state index contributed by atoms with van der Waals surface area (Å²) in [6.45, 7) is -3.97. The van der Waals surface area contributed by atoms with Gasteiger partial charge in [-0.1, -0.05) is 67.6 Å². The molecule has 6 heterocycles. The summed E-state index contributed by atoms with van der Waals surface area (Å²) in [7, 11) is 1.55. The lowest BCUT2D eigenvalue weighted by Crippen LogP contribution is -2.70. The highest BCUT2D eigenvalue weighted by Gasteiger charge is 2.54. The monoisotopic (exact) mass is 1460 g/mol. The summed E-state index contributed by atoms with van der Waals surface area (Å²) < 4.78 is 40.6. The quantitative estimate of drug-likeness (QED) is 0.0368. The average molecular weight is 1470 g/mol. The number of aliphatic hydroxyl groups excluding tert-OH is 13. The number of guanidine groups is 2. The van der Waals surface area contributed by atoms with Gasteiger partial charge in [-0.15, -0.1) is 0 Å². The summed E-state index contributed by atoms with van der Waals surface area (Å²) in [5.74, 6) is -8.34. The van der Waals surface area contributed by atoms with E-state index >= 15 is 9.59 Å². The van der Waals surface area contributed by atoms with E-state index in [4.69, 9.17) is 44.6 Å². The Morgan fingerprint density at radius 3 is 1.83 bits per heavy atom. The SMILES string of the molecule is COc1ccc2cc(CO[C@H]3[C@H](O)[C@H](O)[C@@H](O[C@H]4[C@H](O)[C@H](O)[C@@H](Oc5ccc(C[C@H]6NC(=O)[C@H](C(C)c7ccccc7)NC(=O)CNC(=O)[C@H](CO)NC(=O)[C@@H](C(O)C7CN=C(N)N7[C@H]7O[C@H](CO)[C@@H](O)[C@H](O)[C@@H]7O)NC(=O)[C@H](C(O)C7CN=C(N)N7)NC6=O)cc5)O[C@@H]4CO)O[C@@H]3CO)ccc2c1. The van der Waals surface area contributed by atoms with E-state index in [1.54, 1.807) is 56.5 Å². The van der Waals surface area contributed by atoms with Crippen LogP contribution in [0.2, 0.25) is 0 Å². The van der Waals surface area contributed by atoms with Crippen LogP contribution >= 0.6 is 0 Å². The molecule has 0 bridgehead atoms. The second-order valence-electron chi connectivity index (χ2n) is 25.9. The fourth-order valence-electron chi connectivity index (χ4n) is 13.1. The zero-order valence-electron chi connectivity index (χ0n) is 56.1. The van der Waals surface area contributed by atoms with Gasteiger partial charge < -0.3 is 153 Å². The van der Waals surface area contributed by atoms with Gasteiger partial charge in [0, 0.05) is 12.3 Å². The molecule has 38 heteroatoms. The van der Waals surface area contributed by atoms with E-state index in [1.807, 2.05) is 24.3 Å². The molecule has 4 fully saturated rings. The van der Waals surface area contributed by atoms with E-state index in [0.29, 0.717) is 16.9 Å². The van der Waals surface area contributed by atoms with E-state index in [1.165, 1.54) is 24.3 Å². The second-order valence-corrected chi connectivity index (χ2v) is 25.9. The van der Waals surface area contributed by atoms with E-state index < -0.39 is 240 Å². The fraction of sp³-hybridized carbons (Fsp3) is 0.545. The molecule has 5 unspecified atom stereocenters. The number of aliphatic hydroxyl groups is 13. The first kappa shape index (κ1) is 78.0. The summed E-state index contributed by atoms with van der Waals surface area (Å²) >= 11 is 0. The molecule has 0 aliphatic carbocycles. The highest BCUT2D eigenvalue weighted by molar-refractivity contribution is 5.98. The van der Waals surface area contributed by atoms with Gasteiger partial charge in [-0.25, -0.2) is 0 Å². The van der Waals surface area contributed by atoms with Crippen LogP contribution in [0.5, 0.6) is 11.5 Å². The smallest absolute Gasteiger partial charge is 0.246 e. The highest BCUT2D eigenvalue weighted by Crippen LogP contribution is 2.34. The van der Waals surface area contributed by atoms with E-state index in [9.17, 15) is 85.6 Å². The van der Waals surface area contributed by atoms with Crippen molar-refractivity contribution in [3.63, 3.8) is 0 Å². The third-order valence-electron chi connectivity index (χ3n) is 19.0. The Bertz CT molecular complexity index is 3700. The second kappa shape index (κ2) is 34.5. The minimum absolute atomic E-state index is 0.0691. The summed E-state index contributed by atoms with van der Waals surface area (Å²) in [4.78, 5) is 96.7. The molecule has 25 atom stereocenters. The van der Waals surface area contributed by atoms with Gasteiger partial charge in [-0.05, 0) is 57.8 Å². The summed E-state index contributed by atoms with van der Waals surface area (Å²) in [5, 5.41) is 163. The van der Waals surface area contributed by atoms with Crippen LogP contribution in [-0.4, -0.2) is 318 Å². The van der Waals surface area contributed by atoms with Crippen molar-refractivity contribution in [3.8, 4) is 11.5 Å². The number of carbonyl (C=O) groups excluding carboxylic acids is 6. The molecular formula is C66H88N12O26. The van der Waals surface area contributed by atoms with Gasteiger partial charge in [0.15, 0.2) is 24.4 Å². The number of methoxy groups -OCH3 is 1. The molecule has 4 saturated heterocycles. The Kier molecular flexibility index (Phi) is 25.9. The van der Waals surface area contributed by atoms with Gasteiger partial charge in [-0.2, -0.15) is 0 Å². The maximum atomic E-state index is 15.2. The standard InChI is InChI=1S/C66H88N12O26/c1-27(30-6-4-3-5-7-30)43-59(95)72-35(17-28-9-13-33(14-10-28)100-63-54(92)51(89)56(41(25-82)103-63)104-64-53(91)50(88)55(40(24-81)102-64)99-26-29-8-11-32-18-34(98-2)15-12-31(32)16-29)58(94)76-44(46(84)36-19-70-65(67)74-36)61(97)77-45(60(96)73-37(22-79)57(93)69-21-42(83)75-43)47(85)38-20-71-66(68)78(38)62-52(90)49(87)48(86)39(23-80)101-62/h3-16,18,27,35-41,43-56,62-64,79-82,84-92H,17,19-26H2,1-2H3,(H2,68,71)(H,69,93)(H,72,95)(H,73,96)(H,75,83)(H,76,94)(H,77,97)(H3,67,70,74)/t27?,35-,36?,37+,38?,39-,40-,41-,43+,44+,45-,46?,47?,48-,49+,50-,51-,52+,53+,54+,55-,56-,62+,63+,64-/m1/s1. The number of nitrogens with zero attached hydrogens (tertiary/aromatic N) is 3. The number of hydrogen-bond donors (Lipinski definition) is 22. The van der Waals surface area contributed by atoms with Crippen LogP contribution in [-0.2, 0) is 65.5 Å². The maximum absolute atomic E-state index is 15.2. The van der Waals surface area contributed by atoms with Crippen molar-refractivity contribution in [3.05, 3.63) is 108 Å². The molecule has 10 rings (SSSR count). The number of hydrogen-bond acceptors (Lipinski definition) is 32. The summed E-state index contributed by atoms with van der Waals surface area (Å²) in [5.41, 5.74) is 13.6. The molecule has 6 aliphatic heterocycles. The van der Waals surface area contributed by atoms with Crippen LogP contribution < -0.4 is 58.2 Å². The number of nitrogens with one attached hydrogen (secondary N) is 7. The van der Waals surface area contributed by atoms with Gasteiger partial charge >= 0.3 is 0 Å². The van der Waals surface area contributed by atoms with Crippen molar-refractivity contribution in [2.45, 2.75) is 172 Å². The predicted molar refractivity (Wildman–Crippen MR) is 356 cm³/mol. The number of carbonyl (C=O) groups is 6. The van der Waals surface area contributed by atoms with Crippen molar-refractivity contribution < 1.29 is 128 Å². The number of benzene rings is 4. The van der Waals surface area contributed by atoms with Gasteiger partial charge in [0.1, 0.15) is 127 Å². The molecule has 104 heavy (non-hydrogen) atoms. The third kappa shape index (κ3) is 17.5. The molecule has 6 aliphatic rings. The van der Waals surface area contributed by atoms with E-state index in [2.05, 4.69) is 47.2 Å². The average Bonchev–Trinajstić information content (AvgIpc) is 1.53. The third-order valence-corrected chi connectivity index (χ3v) is 19.0. The van der Waals surface area contributed by atoms with Crippen molar-refractivity contribution in [1.29, 1.82) is 0 Å². The molecule has 24 N–H and O–H groups in total. The fourth-order valence-corrected chi connectivity index (χ4v) is 13.1. The van der Waals surface area contributed by atoms with Crippen molar-refractivity contribution in [2.75, 3.05) is 53.2 Å². The van der Waals surface area contributed by atoms with Crippen LogP contribution in [0.3, 0.4) is 0 Å². The van der Waals surface area contributed by atoms with Crippen LogP contribution in [0.4, 0.5) is 0 Å². The van der Waals surface area contributed by atoms with Crippen LogP contribution in [0.15, 0.2) is 101 Å². The minimum atomic E-state index is -2.35. The van der Waals surface area contributed by atoms with Gasteiger partial charge in [0.25, 0.3) is 0 Å². The number of nitrogens with two attached hydrogens (primary N) is 2. The molecule has 0 radical (unpaired) electrons. The van der Waals surface area contributed by atoms with E-state index in [-0.39, 0.29) is 30.4 Å². The Morgan fingerprint density at radius 2 is 1.15 bits per heavy atom. The Morgan fingerprint density at radius 1 is 0.558 bits per heavy atom. The highest BCUT2D eigenvalue weighted by atomic mass is 16.7. The molecule has 6 amide bonds. The molecule has 4 aromatic carbocycles. The Balaban J connectivity index is 0.891. The number of rotatable bonds is 21. The van der Waals surface area contributed by atoms with Gasteiger partial charge in [-0.3, -0.25) is 38.8 Å². The molecule has 38 nitrogen and oxygen atoms in total. The molecule has 568 valence electrons. The molecule has 4 aromatic rings. The first-order valence-corrected chi connectivity index (χ1v) is 33.4. The number of amides is 6. The largest absolute Gasteiger partial charge is 0.497 e. The Labute approximate surface area is 592 Å². The first-order valence-electron chi connectivity index (χ1n) is 33.4. The topological polar surface area (TPSA) is 594 Å². The first-order chi connectivity index (χ1) is 49.7. The minimum Gasteiger partial charge on any atom is -0.497 e. The maximum Gasteiger partial charge on any atom is 0.246 e. The molecule has 0 saturated carbocycles. The van der Waals surface area contributed by atoms with E-state index in [0.717, 1.165) is 15.7 Å². The summed E-state index contributed by atoms with van der Waals surface area (Å²) in [6.07, 6.45) is -31.0. The van der Waals surface area contributed by atoms with Crippen LogP contribution in [0.25, 0.3) is 10.8 Å². The lowest BCUT2D eigenvalue weighted by Gasteiger charge is -2.46. The lowest BCUT2D eigenvalue weighted by atomic mass is 9.92. The van der Waals surface area contributed by atoms with Crippen molar-refractivity contribution >= 4 is 58.1 Å². The zero-order valence-corrected chi connectivity index (χ0v) is 56.1. The van der Waals surface area contributed by atoms with Crippen molar-refractivity contribution in [2.24, 2.45) is 21.5 Å². The molecule has 0 aromatic heterocycles. The Hall–Kier alpha value is -8.62. The van der Waals surface area contributed by atoms with Gasteiger partial charge in [0.2, 0.25) is 41.7 Å². The van der Waals surface area contributed by atoms with Crippen LogP contribution in [0, 0.1) is 0 Å². The molecular weight excluding hydrogens is 1380 g/mol. The summed E-state index contributed by atoms with van der Waals surface area (Å²) in [6, 6.07) is 11.8. The van der Waals surface area contributed by atoms with Crippen molar-refractivity contribution in [1.82, 2.24) is 42.1 Å². The number of aliphatic imine (C=N–C) groups is 2.